The average molecular weight is 705 g/mol. The highest BCUT2D eigenvalue weighted by atomic mass is 79.9. The summed E-state index contributed by atoms with van der Waals surface area (Å²) in [7, 11) is 1.28. The molecular formula is C35H43BrN7O2P. The number of piperidine rings is 1. The molecule has 4 aromatic rings. The lowest BCUT2D eigenvalue weighted by Gasteiger charge is -2.42. The largest absolute Gasteiger partial charge is 0.494 e. The highest BCUT2D eigenvalue weighted by molar-refractivity contribution is 9.10. The van der Waals surface area contributed by atoms with E-state index >= 15 is 0 Å². The monoisotopic (exact) mass is 703 g/mol. The van der Waals surface area contributed by atoms with Gasteiger partial charge in [-0.25, -0.2) is 4.98 Å². The van der Waals surface area contributed by atoms with Crippen LogP contribution in [0.4, 0.5) is 28.8 Å². The summed E-state index contributed by atoms with van der Waals surface area (Å²) in [6.07, 6.45) is 6.08. The molecule has 1 aliphatic carbocycles. The lowest BCUT2D eigenvalue weighted by molar-refractivity contribution is 0.0982. The van der Waals surface area contributed by atoms with Crippen LogP contribution in [0.5, 0.6) is 5.75 Å². The van der Waals surface area contributed by atoms with Crippen molar-refractivity contribution < 1.29 is 9.30 Å². The van der Waals surface area contributed by atoms with Gasteiger partial charge in [-0.05, 0) is 102 Å². The van der Waals surface area contributed by atoms with Gasteiger partial charge in [0.1, 0.15) is 18.7 Å². The molecule has 0 amide bonds. The van der Waals surface area contributed by atoms with E-state index in [0.29, 0.717) is 17.8 Å². The second kappa shape index (κ2) is 12.8. The van der Waals surface area contributed by atoms with E-state index in [-0.39, 0.29) is 0 Å². The molecular weight excluding hydrogens is 661 g/mol. The number of piperazine rings is 1. The molecule has 1 aromatic heterocycles. The molecule has 3 heterocycles. The number of halogens is 1. The molecule has 242 valence electrons. The topological polar surface area (TPSA) is 85.9 Å². The van der Waals surface area contributed by atoms with E-state index in [1.165, 1.54) is 48.1 Å². The normalized spacial score (nSPS) is 17.9. The number of rotatable bonds is 8. The van der Waals surface area contributed by atoms with Crippen LogP contribution in [0.15, 0.2) is 53.1 Å². The van der Waals surface area contributed by atoms with Crippen LogP contribution in [0.25, 0.3) is 10.8 Å². The van der Waals surface area contributed by atoms with Gasteiger partial charge in [0, 0.05) is 68.6 Å². The van der Waals surface area contributed by atoms with E-state index in [4.69, 9.17) is 9.72 Å². The van der Waals surface area contributed by atoms with E-state index in [1.54, 1.807) is 13.3 Å². The molecule has 0 spiro atoms. The van der Waals surface area contributed by atoms with Gasteiger partial charge >= 0.3 is 0 Å². The average Bonchev–Trinajstić information content (AvgIpc) is 3.46. The van der Waals surface area contributed by atoms with Crippen LogP contribution in [0.1, 0.15) is 24.0 Å². The molecule has 7 rings (SSSR count). The number of hydrogen-bond acceptors (Lipinski definition) is 9. The first-order valence-electron chi connectivity index (χ1n) is 16.2. The Morgan fingerprint density at radius 3 is 2.43 bits per heavy atom. The molecule has 0 unspecified atom stereocenters. The summed E-state index contributed by atoms with van der Waals surface area (Å²) < 4.78 is 20.2. The van der Waals surface area contributed by atoms with Crippen molar-refractivity contribution in [1.82, 2.24) is 19.8 Å². The Kier molecular flexibility index (Phi) is 8.74. The standard InChI is InChI=1S/C35H43BrN7O2P/c1-41-16-18-43(19-17-41)25-12-14-42(15-13-25)26-10-11-29(31(21-26)45-2)39-35-37-22-28(36)34(40-35)38-30-20-24-9-8-23-6-5-7-27(32(23)24)33(30)46(3,4)44/h5-7,10-11,20-22,25H,8-9,12-19H2,1-4H3,(H2,37,38,39,40). The third-order valence-corrected chi connectivity index (χ3v) is 12.0. The van der Waals surface area contributed by atoms with Gasteiger partial charge in [0.15, 0.2) is 0 Å². The summed E-state index contributed by atoms with van der Waals surface area (Å²) in [6.45, 7) is 10.4. The van der Waals surface area contributed by atoms with Crippen molar-refractivity contribution in [3.63, 3.8) is 0 Å². The fraction of sp³-hybridized carbons (Fsp3) is 0.429. The SMILES string of the molecule is COc1cc(N2CCC(N3CCN(C)CC3)CC2)ccc1Nc1ncc(Br)c(Nc2cc3c4c(cccc4c2P(C)(C)=O)CC3)n1. The van der Waals surface area contributed by atoms with Gasteiger partial charge in [0.2, 0.25) is 5.95 Å². The Morgan fingerprint density at radius 1 is 0.935 bits per heavy atom. The number of benzene rings is 3. The zero-order valence-electron chi connectivity index (χ0n) is 27.1. The lowest BCUT2D eigenvalue weighted by Crippen LogP contribution is -2.52. The van der Waals surface area contributed by atoms with E-state index in [2.05, 4.69) is 89.7 Å². The van der Waals surface area contributed by atoms with Crippen LogP contribution in [0, 0.1) is 0 Å². The molecule has 3 aromatic carbocycles. The molecule has 2 saturated heterocycles. The van der Waals surface area contributed by atoms with Gasteiger partial charge in [0.25, 0.3) is 0 Å². The van der Waals surface area contributed by atoms with Crippen molar-refractivity contribution in [2.75, 3.05) is 82.3 Å². The quantitative estimate of drug-likeness (QED) is 0.201. The maximum Gasteiger partial charge on any atom is 0.229 e. The predicted molar refractivity (Wildman–Crippen MR) is 194 cm³/mol. The number of nitrogens with one attached hydrogen (secondary N) is 2. The first-order valence-corrected chi connectivity index (χ1v) is 19.6. The zero-order valence-corrected chi connectivity index (χ0v) is 29.6. The minimum absolute atomic E-state index is 0.440. The van der Waals surface area contributed by atoms with E-state index in [1.807, 2.05) is 19.4 Å². The number of nitrogens with zero attached hydrogens (tertiary/aromatic N) is 5. The molecule has 46 heavy (non-hydrogen) atoms. The van der Waals surface area contributed by atoms with Crippen LogP contribution in [0.3, 0.4) is 0 Å². The van der Waals surface area contributed by atoms with E-state index < -0.39 is 7.14 Å². The highest BCUT2D eigenvalue weighted by Gasteiger charge is 2.28. The number of anilines is 5. The van der Waals surface area contributed by atoms with Crippen LogP contribution in [-0.4, -0.2) is 92.6 Å². The first kappa shape index (κ1) is 31.4. The number of hydrogen-bond donors (Lipinski definition) is 2. The van der Waals surface area contributed by atoms with Crippen LogP contribution in [-0.2, 0) is 17.4 Å². The number of aromatic nitrogens is 2. The smallest absolute Gasteiger partial charge is 0.229 e. The minimum atomic E-state index is -2.63. The third kappa shape index (κ3) is 6.25. The number of ether oxygens (including phenoxy) is 1. The summed E-state index contributed by atoms with van der Waals surface area (Å²) in [5.41, 5.74) is 5.41. The van der Waals surface area contributed by atoms with Crippen molar-refractivity contribution in [3.8, 4) is 5.75 Å². The van der Waals surface area contributed by atoms with Crippen molar-refractivity contribution in [3.05, 3.63) is 64.3 Å². The molecule has 0 saturated carbocycles. The summed E-state index contributed by atoms with van der Waals surface area (Å²) in [4.78, 5) is 17.0. The van der Waals surface area contributed by atoms with E-state index in [0.717, 1.165) is 71.3 Å². The Morgan fingerprint density at radius 2 is 1.70 bits per heavy atom. The summed E-state index contributed by atoms with van der Waals surface area (Å²) in [5.74, 6) is 1.79. The molecule has 2 aliphatic heterocycles. The molecule has 11 heteroatoms. The summed E-state index contributed by atoms with van der Waals surface area (Å²) in [6, 6.07) is 15.5. The minimum Gasteiger partial charge on any atom is -0.494 e. The van der Waals surface area contributed by atoms with Crippen molar-refractivity contribution in [2.24, 2.45) is 0 Å². The zero-order chi connectivity index (χ0) is 32.0. The van der Waals surface area contributed by atoms with Gasteiger partial charge in [-0.15, -0.1) is 0 Å². The highest BCUT2D eigenvalue weighted by Crippen LogP contribution is 2.45. The Bertz CT molecular complexity index is 1810. The third-order valence-electron chi connectivity index (χ3n) is 9.82. The van der Waals surface area contributed by atoms with Gasteiger partial charge in [-0.1, -0.05) is 18.2 Å². The van der Waals surface area contributed by atoms with Crippen molar-refractivity contribution in [1.29, 1.82) is 0 Å². The molecule has 0 atom stereocenters. The van der Waals surface area contributed by atoms with E-state index in [9.17, 15) is 4.57 Å². The Balaban J connectivity index is 1.09. The molecule has 2 N–H and O–H groups in total. The van der Waals surface area contributed by atoms with Gasteiger partial charge in [-0.2, -0.15) is 4.98 Å². The van der Waals surface area contributed by atoms with Crippen molar-refractivity contribution >= 4 is 68.0 Å². The van der Waals surface area contributed by atoms with Crippen molar-refractivity contribution in [2.45, 2.75) is 31.7 Å². The van der Waals surface area contributed by atoms with Gasteiger partial charge in [0.05, 0.1) is 23.0 Å². The molecule has 3 aliphatic rings. The van der Waals surface area contributed by atoms with Gasteiger partial charge < -0.3 is 29.7 Å². The second-order valence-corrected chi connectivity index (χ2v) is 17.2. The van der Waals surface area contributed by atoms with Crippen LogP contribution < -0.4 is 25.6 Å². The first-order chi connectivity index (χ1) is 22.2. The van der Waals surface area contributed by atoms with Crippen LogP contribution >= 0.6 is 23.1 Å². The number of aryl methyl sites for hydroxylation is 2. The maximum atomic E-state index is 13.7. The summed E-state index contributed by atoms with van der Waals surface area (Å²) in [5, 5.41) is 10.1. The number of methoxy groups -OCH3 is 1. The molecule has 0 bridgehead atoms. The molecule has 0 radical (unpaired) electrons. The van der Waals surface area contributed by atoms with Crippen LogP contribution in [0.2, 0.25) is 0 Å². The molecule has 9 nitrogen and oxygen atoms in total. The second-order valence-electron chi connectivity index (χ2n) is 13.2. The fourth-order valence-electron chi connectivity index (χ4n) is 7.41. The predicted octanol–water partition coefficient (Wildman–Crippen LogP) is 6.45. The molecule has 2 fully saturated rings. The lowest BCUT2D eigenvalue weighted by atomic mass is 10.0. The van der Waals surface area contributed by atoms with Gasteiger partial charge in [-0.3, -0.25) is 4.90 Å². The Hall–Kier alpha value is -3.17. The number of likely N-dealkylation sites (N-methyl/N-ethyl adjacent to an activating group) is 1. The summed E-state index contributed by atoms with van der Waals surface area (Å²) >= 11 is 3.64. The Labute approximate surface area is 280 Å². The maximum absolute atomic E-state index is 13.7. The fourth-order valence-corrected chi connectivity index (χ4v) is 9.16.